The van der Waals surface area contributed by atoms with Gasteiger partial charge in [0.1, 0.15) is 0 Å². The molecule has 64 valence electrons. The first-order chi connectivity index (χ1) is 5.69. The summed E-state index contributed by atoms with van der Waals surface area (Å²) in [6.45, 7) is 7.66. The fraction of sp³-hybridized carbons (Fsp3) is 0.333. The van der Waals surface area contributed by atoms with Crippen molar-refractivity contribution >= 4 is 6.20 Å². The van der Waals surface area contributed by atoms with E-state index in [9.17, 15) is 0 Å². The molecule has 0 aliphatic heterocycles. The van der Waals surface area contributed by atoms with Crippen molar-refractivity contribution in [3.63, 3.8) is 0 Å². The summed E-state index contributed by atoms with van der Waals surface area (Å²) >= 11 is 0. The zero-order chi connectivity index (χ0) is 9.14. The van der Waals surface area contributed by atoms with E-state index >= 15 is 0 Å². The van der Waals surface area contributed by atoms with Gasteiger partial charge in [-0.3, -0.25) is 9.56 Å². The van der Waals surface area contributed by atoms with Gasteiger partial charge in [0, 0.05) is 25.1 Å². The van der Waals surface area contributed by atoms with E-state index in [0.29, 0.717) is 5.62 Å². The summed E-state index contributed by atoms with van der Waals surface area (Å²) in [6, 6.07) is 0. The maximum absolute atomic E-state index is 4.29. The molecule has 0 spiro atoms. The predicted molar refractivity (Wildman–Crippen MR) is 49.6 cm³/mol. The zero-order valence-corrected chi connectivity index (χ0v) is 7.70. The van der Waals surface area contributed by atoms with Crippen molar-refractivity contribution in [3.05, 3.63) is 29.7 Å². The lowest BCUT2D eigenvalue weighted by Crippen LogP contribution is -2.21. The van der Waals surface area contributed by atoms with E-state index in [4.69, 9.17) is 0 Å². The first kappa shape index (κ1) is 8.71. The molecule has 0 saturated heterocycles. The maximum atomic E-state index is 4.29. The van der Waals surface area contributed by atoms with Gasteiger partial charge in [0.15, 0.2) is 0 Å². The van der Waals surface area contributed by atoms with Crippen LogP contribution in [0.3, 0.4) is 0 Å². The fourth-order valence-corrected chi connectivity index (χ4v) is 0.956. The van der Waals surface area contributed by atoms with Crippen LogP contribution in [0.4, 0.5) is 0 Å². The van der Waals surface area contributed by atoms with Gasteiger partial charge in [0.05, 0.1) is 0 Å². The zero-order valence-electron chi connectivity index (χ0n) is 7.70. The van der Waals surface area contributed by atoms with Gasteiger partial charge in [-0.05, 0) is 19.4 Å². The number of hydrogen-bond donors (Lipinski definition) is 0. The fourth-order valence-electron chi connectivity index (χ4n) is 0.956. The Bertz CT molecular complexity index is 361. The van der Waals surface area contributed by atoms with Crippen molar-refractivity contribution in [1.82, 2.24) is 9.55 Å². The Labute approximate surface area is 72.1 Å². The summed E-state index contributed by atoms with van der Waals surface area (Å²) in [6.07, 6.45) is 3.67. The molecule has 0 atom stereocenters. The molecule has 0 fully saturated rings. The molecule has 0 bridgehead atoms. The van der Waals surface area contributed by atoms with Gasteiger partial charge >= 0.3 is 0 Å². The Balaban J connectivity index is 3.50. The highest BCUT2D eigenvalue weighted by molar-refractivity contribution is 5.21. The predicted octanol–water partition coefficient (Wildman–Crippen LogP) is 1.13. The van der Waals surface area contributed by atoms with E-state index in [-0.39, 0.29) is 0 Å². The molecule has 3 nitrogen and oxygen atoms in total. The maximum Gasteiger partial charge on any atom is 0.228 e. The first-order valence-corrected chi connectivity index (χ1v) is 3.80. The Morgan fingerprint density at radius 3 is 2.75 bits per heavy atom. The minimum atomic E-state index is 0.688. The third kappa shape index (κ3) is 1.44. The van der Waals surface area contributed by atoms with Crippen LogP contribution in [0.15, 0.2) is 17.8 Å². The second-order valence-corrected chi connectivity index (χ2v) is 2.62. The highest BCUT2D eigenvalue weighted by Gasteiger charge is 1.95. The van der Waals surface area contributed by atoms with E-state index in [0.717, 1.165) is 11.3 Å². The molecule has 0 amide bonds. The Morgan fingerprint density at radius 2 is 2.25 bits per heavy atom. The van der Waals surface area contributed by atoms with E-state index in [2.05, 4.69) is 16.6 Å². The average molecular weight is 163 g/mol. The normalized spacial score (nSPS) is 11.8. The molecule has 3 heteroatoms. The van der Waals surface area contributed by atoms with Crippen LogP contribution in [0.1, 0.15) is 11.3 Å². The summed E-state index contributed by atoms with van der Waals surface area (Å²) in [5, 5.41) is 0. The second kappa shape index (κ2) is 3.34. The molecular formula is C9H13N3. The number of rotatable bonds is 1. The molecule has 0 aliphatic carbocycles. The molecule has 12 heavy (non-hydrogen) atoms. The number of hydrogen-bond acceptors (Lipinski definition) is 2. The van der Waals surface area contributed by atoms with Gasteiger partial charge in [-0.15, -0.1) is 0 Å². The molecule has 1 aromatic heterocycles. The van der Waals surface area contributed by atoms with Crippen LogP contribution in [0.2, 0.25) is 0 Å². The number of aromatic nitrogens is 2. The topological polar surface area (TPSA) is 30.2 Å². The van der Waals surface area contributed by atoms with Gasteiger partial charge in [-0.2, -0.15) is 0 Å². The van der Waals surface area contributed by atoms with Crippen LogP contribution in [0, 0.1) is 13.8 Å². The molecule has 0 aromatic carbocycles. The number of aryl methyl sites for hydroxylation is 2. The Morgan fingerprint density at radius 1 is 1.58 bits per heavy atom. The second-order valence-electron chi connectivity index (χ2n) is 2.62. The first-order valence-electron chi connectivity index (χ1n) is 3.80. The van der Waals surface area contributed by atoms with Crippen molar-refractivity contribution in [3.8, 4) is 0 Å². The summed E-state index contributed by atoms with van der Waals surface area (Å²) < 4.78 is 1.81. The molecule has 0 unspecified atom stereocenters. The lowest BCUT2D eigenvalue weighted by Gasteiger charge is -2.03. The molecule has 0 radical (unpaired) electrons. The van der Waals surface area contributed by atoms with Crippen molar-refractivity contribution in [1.29, 1.82) is 0 Å². The van der Waals surface area contributed by atoms with Crippen LogP contribution >= 0.6 is 0 Å². The van der Waals surface area contributed by atoms with Gasteiger partial charge in [-0.1, -0.05) is 6.58 Å². The molecule has 1 rings (SSSR count). The van der Waals surface area contributed by atoms with Crippen LogP contribution in [0.5, 0.6) is 0 Å². The minimum absolute atomic E-state index is 0.688. The summed E-state index contributed by atoms with van der Waals surface area (Å²) in [5.74, 6) is 0. The molecule has 0 N–H and O–H groups in total. The third-order valence-electron chi connectivity index (χ3n) is 1.80. The number of nitrogens with zero attached hydrogens (tertiary/aromatic N) is 3. The lowest BCUT2D eigenvalue weighted by atomic mass is 10.3. The van der Waals surface area contributed by atoms with E-state index in [1.54, 1.807) is 13.2 Å². The third-order valence-corrected chi connectivity index (χ3v) is 1.80. The van der Waals surface area contributed by atoms with E-state index in [1.807, 2.05) is 24.6 Å². The molecule has 0 aliphatic rings. The Kier molecular flexibility index (Phi) is 2.43. The molecule has 0 saturated carbocycles. The van der Waals surface area contributed by atoms with Crippen LogP contribution < -0.4 is 5.62 Å². The molecule has 1 aromatic rings. The quantitative estimate of drug-likeness (QED) is 0.610. The molecular weight excluding hydrogens is 150 g/mol. The molecule has 1 heterocycles. The van der Waals surface area contributed by atoms with Gasteiger partial charge < -0.3 is 0 Å². The van der Waals surface area contributed by atoms with Gasteiger partial charge in [0.25, 0.3) is 0 Å². The smallest absolute Gasteiger partial charge is 0.228 e. The summed E-state index contributed by atoms with van der Waals surface area (Å²) in [5.41, 5.74) is 2.84. The lowest BCUT2D eigenvalue weighted by molar-refractivity contribution is 0.865. The van der Waals surface area contributed by atoms with Crippen LogP contribution in [0.25, 0.3) is 6.20 Å². The largest absolute Gasteiger partial charge is 0.293 e. The Hall–Kier alpha value is -1.38. The van der Waals surface area contributed by atoms with Crippen molar-refractivity contribution in [2.24, 2.45) is 4.99 Å². The van der Waals surface area contributed by atoms with E-state index in [1.165, 1.54) is 0 Å². The average Bonchev–Trinajstić information content (AvgIpc) is 2.09. The van der Waals surface area contributed by atoms with Crippen molar-refractivity contribution in [2.75, 3.05) is 7.05 Å². The van der Waals surface area contributed by atoms with Crippen LogP contribution in [-0.4, -0.2) is 16.6 Å². The van der Waals surface area contributed by atoms with Crippen LogP contribution in [-0.2, 0) is 0 Å². The summed E-state index contributed by atoms with van der Waals surface area (Å²) in [7, 11) is 1.72. The van der Waals surface area contributed by atoms with Gasteiger partial charge in [-0.25, -0.2) is 4.98 Å². The summed E-state index contributed by atoms with van der Waals surface area (Å²) in [4.78, 5) is 8.31. The van der Waals surface area contributed by atoms with Crippen molar-refractivity contribution in [2.45, 2.75) is 13.8 Å². The standard InChI is InChI=1S/C9H13N3/c1-5-12-6-7(2)8(3)11-9(12)10-4/h5-6H,1H2,2-4H3/b10-9-. The minimum Gasteiger partial charge on any atom is -0.293 e. The SMILES string of the molecule is C=Cn1cc(C)c(C)n/c1=N/C. The monoisotopic (exact) mass is 163 g/mol. The van der Waals surface area contributed by atoms with Crippen molar-refractivity contribution < 1.29 is 0 Å². The highest BCUT2D eigenvalue weighted by atomic mass is 15.1. The van der Waals surface area contributed by atoms with Gasteiger partial charge in [0.2, 0.25) is 5.62 Å². The van der Waals surface area contributed by atoms with E-state index < -0.39 is 0 Å². The highest BCUT2D eigenvalue weighted by Crippen LogP contribution is 1.97.